The molecule has 1 N–H and O–H groups in total. The number of rotatable bonds is 5. The van der Waals surface area contributed by atoms with Gasteiger partial charge in [-0.25, -0.2) is 4.39 Å². The van der Waals surface area contributed by atoms with E-state index in [1.807, 2.05) is 4.49 Å². The lowest BCUT2D eigenvalue weighted by Crippen LogP contribution is -2.78. The van der Waals surface area contributed by atoms with E-state index < -0.39 is 35.5 Å². The van der Waals surface area contributed by atoms with Crippen LogP contribution in [0.25, 0.3) is 0 Å². The van der Waals surface area contributed by atoms with Crippen LogP contribution in [0.5, 0.6) is 0 Å². The zero-order valence-corrected chi connectivity index (χ0v) is 18.7. The molecule has 0 spiro atoms. The van der Waals surface area contributed by atoms with E-state index in [1.54, 1.807) is 72.8 Å². The molecular formula is C26H23BF4N2O. The number of allylic oxidation sites excluding steroid dienone is 2. The first-order valence-electron chi connectivity index (χ1n) is 10.9. The highest BCUT2D eigenvalue weighted by atomic mass is 19.4. The van der Waals surface area contributed by atoms with Crippen molar-refractivity contribution >= 4 is 28.8 Å². The minimum Gasteiger partial charge on any atom is -0.486 e. The van der Waals surface area contributed by atoms with Crippen LogP contribution in [0.15, 0.2) is 96.2 Å². The molecular weight excluding hydrogens is 443 g/mol. The van der Waals surface area contributed by atoms with Gasteiger partial charge in [0.1, 0.15) is 23.6 Å². The third kappa shape index (κ3) is 4.16. The highest BCUT2D eigenvalue weighted by Gasteiger charge is 2.53. The zero-order valence-electron chi connectivity index (χ0n) is 18.7. The Labute approximate surface area is 195 Å². The predicted octanol–water partition coefficient (Wildman–Crippen LogP) is 4.06. The number of ketones is 1. The molecule has 3 nitrogen and oxygen atoms in total. The van der Waals surface area contributed by atoms with Crippen molar-refractivity contribution in [3.63, 3.8) is 0 Å². The Morgan fingerprint density at radius 2 is 1.38 bits per heavy atom. The number of benzene rings is 3. The Hall–Kier alpha value is -3.68. The normalized spacial score (nSPS) is 15.8. The van der Waals surface area contributed by atoms with Crippen LogP contribution in [0, 0.1) is 5.82 Å². The Morgan fingerprint density at radius 1 is 0.882 bits per heavy atom. The summed E-state index contributed by atoms with van der Waals surface area (Å²) in [6, 6.07) is 23.6. The monoisotopic (exact) mass is 466 g/mol. The fourth-order valence-electron chi connectivity index (χ4n) is 4.85. The van der Waals surface area contributed by atoms with Crippen molar-refractivity contribution in [3.05, 3.63) is 108 Å². The van der Waals surface area contributed by atoms with Crippen LogP contribution in [0.3, 0.4) is 0 Å². The van der Waals surface area contributed by atoms with E-state index >= 15 is 0 Å². The van der Waals surface area contributed by atoms with Gasteiger partial charge in [0, 0.05) is 12.5 Å². The topological polar surface area (TPSA) is 32.1 Å². The summed E-state index contributed by atoms with van der Waals surface area (Å²) in [5, 5.41) is 2.81. The fraction of sp³-hybridized carbons (Fsp3) is 0.154. The van der Waals surface area contributed by atoms with Crippen molar-refractivity contribution in [2.75, 3.05) is 0 Å². The number of hydrogen-bond acceptors (Lipinski definition) is 2. The first kappa shape index (κ1) is 23.5. The van der Waals surface area contributed by atoms with Gasteiger partial charge in [-0.1, -0.05) is 72.8 Å². The van der Waals surface area contributed by atoms with Gasteiger partial charge in [0.05, 0.1) is 5.70 Å². The van der Waals surface area contributed by atoms with E-state index in [-0.39, 0.29) is 12.3 Å². The van der Waals surface area contributed by atoms with Gasteiger partial charge < -0.3 is 9.71 Å². The van der Waals surface area contributed by atoms with Crippen LogP contribution in [-0.4, -0.2) is 28.6 Å². The lowest BCUT2D eigenvalue weighted by Gasteiger charge is -2.45. The predicted molar refractivity (Wildman–Crippen MR) is 126 cm³/mol. The molecule has 4 rings (SSSR count). The van der Waals surface area contributed by atoms with Gasteiger partial charge in [-0.15, -0.1) is 10.9 Å². The SMILES string of the molecule is CC(=O)C1=C(C(F)(F)F)N[B-](c2ccccc2)(c2ccccc2)[N+](Cc2ccc(F)cc2)=C1C. The van der Waals surface area contributed by atoms with Crippen molar-refractivity contribution in [1.29, 1.82) is 0 Å². The average molecular weight is 466 g/mol. The van der Waals surface area contributed by atoms with Crippen molar-refractivity contribution in [2.45, 2.75) is 26.6 Å². The molecule has 1 aliphatic rings. The lowest BCUT2D eigenvalue weighted by atomic mass is 9.35. The highest BCUT2D eigenvalue weighted by Crippen LogP contribution is 2.32. The summed E-state index contributed by atoms with van der Waals surface area (Å²) in [4.78, 5) is 12.5. The molecule has 34 heavy (non-hydrogen) atoms. The summed E-state index contributed by atoms with van der Waals surface area (Å²) in [5.74, 6) is -1.10. The van der Waals surface area contributed by atoms with Crippen molar-refractivity contribution in [3.8, 4) is 0 Å². The lowest BCUT2D eigenvalue weighted by molar-refractivity contribution is -0.417. The maximum absolute atomic E-state index is 14.4. The molecule has 3 aromatic rings. The number of hydrogen-bond donors (Lipinski definition) is 1. The van der Waals surface area contributed by atoms with E-state index in [9.17, 15) is 22.4 Å². The molecule has 0 aliphatic carbocycles. The molecule has 0 saturated carbocycles. The second-order valence-electron chi connectivity index (χ2n) is 8.43. The summed E-state index contributed by atoms with van der Waals surface area (Å²) in [7, 11) is 0. The second-order valence-corrected chi connectivity index (χ2v) is 8.43. The first-order chi connectivity index (χ1) is 16.1. The quantitative estimate of drug-likeness (QED) is 0.455. The molecule has 0 amide bonds. The summed E-state index contributed by atoms with van der Waals surface area (Å²) in [6.45, 7) is 2.83. The van der Waals surface area contributed by atoms with Gasteiger partial charge in [0.15, 0.2) is 5.78 Å². The number of alkyl halides is 3. The minimum atomic E-state index is -4.78. The molecule has 174 valence electrons. The summed E-state index contributed by atoms with van der Waals surface area (Å²) in [6.07, 6.45) is -7.19. The molecule has 1 heterocycles. The Kier molecular flexibility index (Phi) is 6.17. The summed E-state index contributed by atoms with van der Waals surface area (Å²) < 4.78 is 58.5. The molecule has 0 radical (unpaired) electrons. The van der Waals surface area contributed by atoms with Gasteiger partial charge in [0.25, 0.3) is 0 Å². The number of carbonyl (C=O) groups is 1. The van der Waals surface area contributed by atoms with Gasteiger partial charge in [0.2, 0.25) is 0 Å². The maximum Gasteiger partial charge on any atom is 0.428 e. The van der Waals surface area contributed by atoms with Crippen molar-refractivity contribution in [1.82, 2.24) is 5.23 Å². The van der Waals surface area contributed by atoms with E-state index in [1.165, 1.54) is 19.1 Å². The standard InChI is InChI=1S/C26H23BF4N2O/c1-18-24(19(2)34)25(26(29,30)31)32-27(21-9-5-3-6-10-21,22-11-7-4-8-12-22)33(18)17-20-13-15-23(28)16-14-20/h3-16,32H,17H2,1-2H3. The molecule has 8 heteroatoms. The molecule has 3 aromatic carbocycles. The number of halogens is 4. The molecule has 0 bridgehead atoms. The molecule has 0 atom stereocenters. The van der Waals surface area contributed by atoms with E-state index in [0.29, 0.717) is 16.5 Å². The largest absolute Gasteiger partial charge is 0.486 e. The average Bonchev–Trinajstić information content (AvgIpc) is 2.81. The Bertz CT molecular complexity index is 1230. The third-order valence-corrected chi connectivity index (χ3v) is 6.33. The summed E-state index contributed by atoms with van der Waals surface area (Å²) in [5.41, 5.74) is 0.688. The first-order valence-corrected chi connectivity index (χ1v) is 10.9. The van der Waals surface area contributed by atoms with Crippen LogP contribution >= 0.6 is 0 Å². The van der Waals surface area contributed by atoms with Crippen LogP contribution in [0.1, 0.15) is 19.4 Å². The number of Topliss-reactive ketones (excluding diaryl/α,β-unsaturated/α-hetero) is 1. The van der Waals surface area contributed by atoms with E-state index in [2.05, 4.69) is 5.23 Å². The number of nitrogens with one attached hydrogen (secondary N) is 1. The third-order valence-electron chi connectivity index (χ3n) is 6.33. The zero-order chi connectivity index (χ0) is 24.5. The molecule has 0 fully saturated rings. The molecule has 1 aliphatic heterocycles. The van der Waals surface area contributed by atoms with Crippen LogP contribution in [-0.2, 0) is 11.3 Å². The van der Waals surface area contributed by atoms with Crippen molar-refractivity contribution in [2.24, 2.45) is 0 Å². The summed E-state index contributed by atoms with van der Waals surface area (Å²) >= 11 is 0. The minimum absolute atomic E-state index is 0.158. The van der Waals surface area contributed by atoms with E-state index in [4.69, 9.17) is 0 Å². The Morgan fingerprint density at radius 3 is 1.82 bits per heavy atom. The highest BCUT2D eigenvalue weighted by molar-refractivity contribution is 6.95. The van der Waals surface area contributed by atoms with Gasteiger partial charge >= 0.3 is 12.6 Å². The molecule has 0 aromatic heterocycles. The number of nitrogens with zero attached hydrogens (tertiary/aromatic N) is 1. The van der Waals surface area contributed by atoms with Crippen LogP contribution in [0.2, 0.25) is 0 Å². The van der Waals surface area contributed by atoms with Crippen molar-refractivity contribution < 1.29 is 26.8 Å². The van der Waals surface area contributed by atoms with Gasteiger partial charge in [-0.2, -0.15) is 13.2 Å². The molecule has 0 unspecified atom stereocenters. The second kappa shape index (κ2) is 8.93. The van der Waals surface area contributed by atoms with Crippen LogP contribution in [0.4, 0.5) is 17.6 Å². The van der Waals surface area contributed by atoms with Gasteiger partial charge in [-0.3, -0.25) is 4.79 Å². The fourth-order valence-corrected chi connectivity index (χ4v) is 4.85. The van der Waals surface area contributed by atoms with Crippen LogP contribution < -0.4 is 16.2 Å². The smallest absolute Gasteiger partial charge is 0.428 e. The number of carbonyl (C=O) groups excluding carboxylic acids is 1. The van der Waals surface area contributed by atoms with Gasteiger partial charge in [-0.05, 0) is 19.1 Å². The Balaban J connectivity index is 2.09. The maximum atomic E-state index is 14.4. The molecule has 0 saturated heterocycles. The van der Waals surface area contributed by atoms with E-state index in [0.717, 1.165) is 6.92 Å².